The van der Waals surface area contributed by atoms with E-state index in [2.05, 4.69) is 17.0 Å². The smallest absolute Gasteiger partial charge is 0.137 e. The Labute approximate surface area is 54.7 Å². The largest absolute Gasteiger partial charge is 0.253 e. The molecule has 0 N–H and O–H groups in total. The maximum atomic E-state index is 3.93. The summed E-state index contributed by atoms with van der Waals surface area (Å²) in [7, 11) is 0. The van der Waals surface area contributed by atoms with E-state index in [1.54, 1.807) is 12.7 Å². The van der Waals surface area contributed by atoms with Crippen LogP contribution in [0.5, 0.6) is 0 Å². The summed E-state index contributed by atoms with van der Waals surface area (Å²) in [6.45, 7) is 4.66. The van der Waals surface area contributed by atoms with Crippen molar-refractivity contribution in [2.75, 3.05) is 0 Å². The van der Waals surface area contributed by atoms with Crippen LogP contribution in [0.4, 0.5) is 0 Å². The van der Waals surface area contributed by atoms with E-state index in [1.807, 2.05) is 4.68 Å². The predicted octanol–water partition coefficient (Wildman–Crippen LogP) is 0.892. The van der Waals surface area contributed by atoms with Gasteiger partial charge in [-0.2, -0.15) is 5.10 Å². The van der Waals surface area contributed by atoms with E-state index >= 15 is 0 Å². The molecule has 49 valence electrons. The molecule has 0 aliphatic carbocycles. The van der Waals surface area contributed by atoms with Crippen molar-refractivity contribution in [2.24, 2.45) is 0 Å². The van der Waals surface area contributed by atoms with Gasteiger partial charge in [-0.05, 0) is 6.42 Å². The highest BCUT2D eigenvalue weighted by Crippen LogP contribution is 1.89. The summed E-state index contributed by atoms with van der Waals surface area (Å²) in [5.41, 5.74) is 0. The van der Waals surface area contributed by atoms with Crippen LogP contribution in [0.1, 0.15) is 12.8 Å². The molecule has 0 fully saturated rings. The highest BCUT2D eigenvalue weighted by atomic mass is 15.3. The average molecular weight is 124 g/mol. The van der Waals surface area contributed by atoms with Crippen LogP contribution in [-0.2, 0) is 6.54 Å². The molecular weight excluding hydrogens is 114 g/mol. The lowest BCUT2D eigenvalue weighted by atomic mass is 10.3. The number of hydrogen-bond donors (Lipinski definition) is 0. The molecule has 1 aromatic heterocycles. The first kappa shape index (κ1) is 6.26. The molecule has 0 spiro atoms. The standard InChI is InChI=1S/C6H10N3/c1-2-3-4-9-6-7-5-8-9/h5-6H,1-4H2. The van der Waals surface area contributed by atoms with Crippen molar-refractivity contribution in [1.82, 2.24) is 14.8 Å². The van der Waals surface area contributed by atoms with Crippen LogP contribution >= 0.6 is 0 Å². The van der Waals surface area contributed by atoms with Crippen LogP contribution in [-0.4, -0.2) is 14.8 Å². The van der Waals surface area contributed by atoms with Crippen molar-refractivity contribution >= 4 is 0 Å². The first-order chi connectivity index (χ1) is 4.43. The van der Waals surface area contributed by atoms with Gasteiger partial charge in [-0.25, -0.2) is 4.98 Å². The third-order valence-corrected chi connectivity index (χ3v) is 1.10. The van der Waals surface area contributed by atoms with Gasteiger partial charge in [0.05, 0.1) is 0 Å². The van der Waals surface area contributed by atoms with E-state index in [0.29, 0.717) is 0 Å². The third-order valence-electron chi connectivity index (χ3n) is 1.10. The summed E-state index contributed by atoms with van der Waals surface area (Å²) in [6, 6.07) is 0. The summed E-state index contributed by atoms with van der Waals surface area (Å²) in [5.74, 6) is 0. The van der Waals surface area contributed by atoms with E-state index in [-0.39, 0.29) is 0 Å². The van der Waals surface area contributed by atoms with E-state index in [9.17, 15) is 0 Å². The molecule has 0 saturated carbocycles. The number of aryl methyl sites for hydroxylation is 1. The van der Waals surface area contributed by atoms with E-state index < -0.39 is 0 Å². The summed E-state index contributed by atoms with van der Waals surface area (Å²) >= 11 is 0. The van der Waals surface area contributed by atoms with Crippen LogP contribution in [0.25, 0.3) is 0 Å². The second-order valence-corrected chi connectivity index (χ2v) is 1.87. The normalized spacial score (nSPS) is 9.89. The molecule has 0 aliphatic rings. The Hall–Kier alpha value is -0.860. The van der Waals surface area contributed by atoms with Gasteiger partial charge < -0.3 is 0 Å². The fourth-order valence-corrected chi connectivity index (χ4v) is 0.622. The van der Waals surface area contributed by atoms with Crippen molar-refractivity contribution < 1.29 is 0 Å². The van der Waals surface area contributed by atoms with Crippen molar-refractivity contribution in [1.29, 1.82) is 0 Å². The van der Waals surface area contributed by atoms with Crippen molar-refractivity contribution in [2.45, 2.75) is 19.4 Å². The van der Waals surface area contributed by atoms with Crippen LogP contribution in [0.3, 0.4) is 0 Å². The van der Waals surface area contributed by atoms with Gasteiger partial charge in [0.25, 0.3) is 0 Å². The summed E-state index contributed by atoms with van der Waals surface area (Å²) in [6.07, 6.45) is 5.29. The summed E-state index contributed by atoms with van der Waals surface area (Å²) < 4.78 is 1.81. The fourth-order valence-electron chi connectivity index (χ4n) is 0.622. The fraction of sp³-hybridized carbons (Fsp3) is 0.500. The average Bonchev–Trinajstić information content (AvgIpc) is 2.34. The van der Waals surface area contributed by atoms with Gasteiger partial charge in [0.2, 0.25) is 0 Å². The van der Waals surface area contributed by atoms with Gasteiger partial charge in [0, 0.05) is 6.54 Å². The van der Waals surface area contributed by atoms with Crippen molar-refractivity contribution in [3.05, 3.63) is 19.6 Å². The minimum Gasteiger partial charge on any atom is -0.253 e. The molecule has 3 heteroatoms. The maximum absolute atomic E-state index is 3.93. The van der Waals surface area contributed by atoms with Gasteiger partial charge in [-0.3, -0.25) is 4.68 Å². The number of rotatable bonds is 3. The SMILES string of the molecule is [CH2]CCCn1cncn1. The van der Waals surface area contributed by atoms with Crippen LogP contribution < -0.4 is 0 Å². The van der Waals surface area contributed by atoms with Gasteiger partial charge in [-0.1, -0.05) is 13.3 Å². The number of nitrogens with zero attached hydrogens (tertiary/aromatic N) is 3. The highest BCUT2D eigenvalue weighted by Gasteiger charge is 1.86. The van der Waals surface area contributed by atoms with E-state index in [4.69, 9.17) is 0 Å². The molecule has 0 saturated heterocycles. The summed E-state index contributed by atoms with van der Waals surface area (Å²) in [4.78, 5) is 3.81. The highest BCUT2D eigenvalue weighted by molar-refractivity contribution is 4.55. The van der Waals surface area contributed by atoms with Crippen molar-refractivity contribution in [3.8, 4) is 0 Å². The molecule has 3 nitrogen and oxygen atoms in total. The molecule has 0 aliphatic heterocycles. The minimum atomic E-state index is 0.934. The predicted molar refractivity (Wildman–Crippen MR) is 34.6 cm³/mol. The number of hydrogen-bond acceptors (Lipinski definition) is 2. The molecule has 0 unspecified atom stereocenters. The Balaban J connectivity index is 2.30. The Morgan fingerprint density at radius 1 is 1.56 bits per heavy atom. The number of unbranched alkanes of at least 4 members (excludes halogenated alkanes) is 1. The molecular formula is C6H10N3. The minimum absolute atomic E-state index is 0.934. The second-order valence-electron chi connectivity index (χ2n) is 1.87. The lowest BCUT2D eigenvalue weighted by Crippen LogP contribution is -1.96. The van der Waals surface area contributed by atoms with Crippen LogP contribution in [0.2, 0.25) is 0 Å². The topological polar surface area (TPSA) is 30.7 Å². The Morgan fingerprint density at radius 3 is 3.00 bits per heavy atom. The van der Waals surface area contributed by atoms with Gasteiger partial charge in [-0.15, -0.1) is 0 Å². The molecule has 0 atom stereocenters. The monoisotopic (exact) mass is 124 g/mol. The molecule has 0 amide bonds. The molecule has 1 radical (unpaired) electrons. The molecule has 1 heterocycles. The Bertz CT molecular complexity index is 145. The van der Waals surface area contributed by atoms with Gasteiger partial charge in [0.1, 0.15) is 12.7 Å². The zero-order chi connectivity index (χ0) is 6.53. The number of aromatic nitrogens is 3. The second kappa shape index (κ2) is 3.22. The first-order valence-corrected chi connectivity index (χ1v) is 3.05. The van der Waals surface area contributed by atoms with Crippen LogP contribution in [0, 0.1) is 6.92 Å². The van der Waals surface area contributed by atoms with Gasteiger partial charge >= 0.3 is 0 Å². The third kappa shape index (κ3) is 1.83. The zero-order valence-electron chi connectivity index (χ0n) is 5.32. The summed E-state index contributed by atoms with van der Waals surface area (Å²) in [5, 5.41) is 3.93. The zero-order valence-corrected chi connectivity index (χ0v) is 5.32. The molecule has 1 aromatic rings. The molecule has 9 heavy (non-hydrogen) atoms. The van der Waals surface area contributed by atoms with E-state index in [1.165, 1.54) is 0 Å². The Kier molecular flexibility index (Phi) is 2.24. The molecule has 0 bridgehead atoms. The maximum Gasteiger partial charge on any atom is 0.137 e. The van der Waals surface area contributed by atoms with Crippen molar-refractivity contribution in [3.63, 3.8) is 0 Å². The van der Waals surface area contributed by atoms with E-state index in [0.717, 1.165) is 19.4 Å². The molecule has 0 aromatic carbocycles. The van der Waals surface area contributed by atoms with Crippen LogP contribution in [0.15, 0.2) is 12.7 Å². The lowest BCUT2D eigenvalue weighted by molar-refractivity contribution is 0.581. The quantitative estimate of drug-likeness (QED) is 0.599. The van der Waals surface area contributed by atoms with Gasteiger partial charge in [0.15, 0.2) is 0 Å². The lowest BCUT2D eigenvalue weighted by Gasteiger charge is -1.94. The molecule has 1 rings (SSSR count). The first-order valence-electron chi connectivity index (χ1n) is 3.05. The Morgan fingerprint density at radius 2 is 2.44 bits per heavy atom.